The maximum Gasteiger partial charge on any atom is 0.240 e. The van der Waals surface area contributed by atoms with Crippen LogP contribution in [0, 0.1) is 12.3 Å². The quantitative estimate of drug-likeness (QED) is 0.617. The molecule has 1 heterocycles. The minimum absolute atomic E-state index is 0.00731. The zero-order valence-corrected chi connectivity index (χ0v) is 8.05. The predicted molar refractivity (Wildman–Crippen MR) is 52.1 cm³/mol. The van der Waals surface area contributed by atoms with Crippen LogP contribution >= 0.6 is 0 Å². The summed E-state index contributed by atoms with van der Waals surface area (Å²) in [7, 11) is 1.75. The van der Waals surface area contributed by atoms with Crippen LogP contribution in [0.5, 0.6) is 0 Å². The molecule has 0 aromatic rings. The summed E-state index contributed by atoms with van der Waals surface area (Å²) in [6.07, 6.45) is 8.37. The molecule has 0 aromatic heterocycles. The van der Waals surface area contributed by atoms with Crippen molar-refractivity contribution in [3.05, 3.63) is 0 Å². The van der Waals surface area contributed by atoms with Crippen molar-refractivity contribution in [2.24, 2.45) is 0 Å². The Labute approximate surface area is 79.5 Å². The molecule has 0 spiro atoms. The molecule has 0 radical (unpaired) electrons. The summed E-state index contributed by atoms with van der Waals surface area (Å²) in [4.78, 5) is 13.3. The topological polar surface area (TPSA) is 32.3 Å². The number of terminal acetylenes is 1. The Morgan fingerprint density at radius 3 is 3.00 bits per heavy atom. The molecular weight excluding hydrogens is 164 g/mol. The molecule has 0 aliphatic carbocycles. The van der Waals surface area contributed by atoms with Gasteiger partial charge in [0.15, 0.2) is 0 Å². The standard InChI is InChI=1S/C10H16N2O/c1-3-8-12(2)10(13)9-6-4-5-7-11-9/h1,9,11H,4-8H2,2H3/t9-/m0/s1. The molecule has 3 nitrogen and oxygen atoms in total. The Hall–Kier alpha value is -1.01. The normalized spacial score (nSPS) is 22.0. The zero-order chi connectivity index (χ0) is 9.68. The van der Waals surface area contributed by atoms with Crippen LogP contribution in [0.3, 0.4) is 0 Å². The average Bonchev–Trinajstić information content (AvgIpc) is 2.18. The first-order valence-electron chi connectivity index (χ1n) is 4.67. The highest BCUT2D eigenvalue weighted by Crippen LogP contribution is 2.08. The molecule has 0 unspecified atom stereocenters. The molecule has 3 heteroatoms. The molecule has 1 amide bonds. The minimum Gasteiger partial charge on any atom is -0.333 e. The fourth-order valence-corrected chi connectivity index (χ4v) is 1.54. The number of nitrogens with one attached hydrogen (secondary N) is 1. The van der Waals surface area contributed by atoms with Gasteiger partial charge in [0.2, 0.25) is 5.91 Å². The van der Waals surface area contributed by atoms with Gasteiger partial charge in [-0.05, 0) is 19.4 Å². The van der Waals surface area contributed by atoms with E-state index in [1.165, 1.54) is 6.42 Å². The number of nitrogens with zero attached hydrogens (tertiary/aromatic N) is 1. The van der Waals surface area contributed by atoms with E-state index in [2.05, 4.69) is 11.2 Å². The van der Waals surface area contributed by atoms with E-state index in [9.17, 15) is 4.79 Å². The van der Waals surface area contributed by atoms with Crippen LogP contribution < -0.4 is 5.32 Å². The van der Waals surface area contributed by atoms with Crippen molar-refractivity contribution < 1.29 is 4.79 Å². The first-order valence-corrected chi connectivity index (χ1v) is 4.67. The van der Waals surface area contributed by atoms with Crippen LogP contribution in [0.1, 0.15) is 19.3 Å². The van der Waals surface area contributed by atoms with Crippen LogP contribution in [0.15, 0.2) is 0 Å². The second-order valence-electron chi connectivity index (χ2n) is 3.40. The summed E-state index contributed by atoms with van der Waals surface area (Å²) < 4.78 is 0. The fraction of sp³-hybridized carbons (Fsp3) is 0.700. The Morgan fingerprint density at radius 1 is 1.69 bits per heavy atom. The number of carbonyl (C=O) groups excluding carboxylic acids is 1. The molecule has 1 atom stereocenters. The summed E-state index contributed by atoms with van der Waals surface area (Å²) in [6.45, 7) is 1.34. The summed E-state index contributed by atoms with van der Waals surface area (Å²) in [5, 5.41) is 3.20. The van der Waals surface area contributed by atoms with Crippen LogP contribution in [0.2, 0.25) is 0 Å². The van der Waals surface area contributed by atoms with Gasteiger partial charge in [0.25, 0.3) is 0 Å². The highest BCUT2D eigenvalue weighted by Gasteiger charge is 2.22. The Balaban J connectivity index is 2.41. The smallest absolute Gasteiger partial charge is 0.240 e. The maximum absolute atomic E-state index is 11.7. The van der Waals surface area contributed by atoms with E-state index in [1.54, 1.807) is 11.9 Å². The monoisotopic (exact) mass is 180 g/mol. The van der Waals surface area contributed by atoms with Crippen molar-refractivity contribution in [2.75, 3.05) is 20.1 Å². The van der Waals surface area contributed by atoms with Crippen molar-refractivity contribution in [3.63, 3.8) is 0 Å². The van der Waals surface area contributed by atoms with Crippen molar-refractivity contribution in [1.29, 1.82) is 0 Å². The van der Waals surface area contributed by atoms with Crippen molar-refractivity contribution in [1.82, 2.24) is 10.2 Å². The lowest BCUT2D eigenvalue weighted by molar-refractivity contribution is -0.132. The van der Waals surface area contributed by atoms with Gasteiger partial charge in [-0.25, -0.2) is 0 Å². The predicted octanol–water partition coefficient (Wildman–Crippen LogP) is 0.220. The second kappa shape index (κ2) is 4.88. The van der Waals surface area contributed by atoms with Gasteiger partial charge < -0.3 is 10.2 Å². The van der Waals surface area contributed by atoms with Gasteiger partial charge in [-0.1, -0.05) is 12.3 Å². The minimum atomic E-state index is -0.00731. The Kier molecular flexibility index (Phi) is 3.78. The molecule has 1 aliphatic heterocycles. The first-order chi connectivity index (χ1) is 6.25. The summed E-state index contributed by atoms with van der Waals surface area (Å²) in [6, 6.07) is -0.00731. The molecule has 1 saturated heterocycles. The van der Waals surface area contributed by atoms with Crippen LogP contribution in [0.4, 0.5) is 0 Å². The third-order valence-corrected chi connectivity index (χ3v) is 2.31. The van der Waals surface area contributed by atoms with Gasteiger partial charge >= 0.3 is 0 Å². The van der Waals surface area contributed by atoms with E-state index in [1.807, 2.05) is 0 Å². The number of hydrogen-bond donors (Lipinski definition) is 1. The van der Waals surface area contributed by atoms with Gasteiger partial charge in [0.1, 0.15) is 0 Å². The highest BCUT2D eigenvalue weighted by molar-refractivity contribution is 5.81. The number of piperidine rings is 1. The van der Waals surface area contributed by atoms with Crippen molar-refractivity contribution >= 4 is 5.91 Å². The lowest BCUT2D eigenvalue weighted by atomic mass is 10.0. The number of amides is 1. The first kappa shape index (κ1) is 10.1. The lowest BCUT2D eigenvalue weighted by Gasteiger charge is -2.26. The number of hydrogen-bond acceptors (Lipinski definition) is 2. The molecule has 0 bridgehead atoms. The maximum atomic E-state index is 11.7. The van der Waals surface area contributed by atoms with Gasteiger partial charge in [0.05, 0.1) is 12.6 Å². The van der Waals surface area contributed by atoms with Gasteiger partial charge in [-0.15, -0.1) is 6.42 Å². The number of likely N-dealkylation sites (N-methyl/N-ethyl adjacent to an activating group) is 1. The second-order valence-corrected chi connectivity index (χ2v) is 3.40. The lowest BCUT2D eigenvalue weighted by Crippen LogP contribution is -2.47. The van der Waals surface area contributed by atoms with Crippen LogP contribution in [0.25, 0.3) is 0 Å². The van der Waals surface area contributed by atoms with E-state index in [-0.39, 0.29) is 11.9 Å². The summed E-state index contributed by atoms with van der Waals surface area (Å²) in [5.41, 5.74) is 0. The Bertz CT molecular complexity index is 213. The molecule has 1 N–H and O–H groups in total. The van der Waals surface area contributed by atoms with E-state index < -0.39 is 0 Å². The van der Waals surface area contributed by atoms with Crippen LogP contribution in [-0.2, 0) is 4.79 Å². The molecule has 1 aliphatic rings. The van der Waals surface area contributed by atoms with E-state index in [0.717, 1.165) is 19.4 Å². The van der Waals surface area contributed by atoms with E-state index in [0.29, 0.717) is 6.54 Å². The van der Waals surface area contributed by atoms with Crippen molar-refractivity contribution in [2.45, 2.75) is 25.3 Å². The fourth-order valence-electron chi connectivity index (χ4n) is 1.54. The number of carbonyl (C=O) groups is 1. The Morgan fingerprint density at radius 2 is 2.46 bits per heavy atom. The molecule has 1 rings (SSSR count). The third-order valence-electron chi connectivity index (χ3n) is 2.31. The van der Waals surface area contributed by atoms with E-state index in [4.69, 9.17) is 6.42 Å². The highest BCUT2D eigenvalue weighted by atomic mass is 16.2. The SMILES string of the molecule is C#CCN(C)C(=O)[C@@H]1CCCCN1. The molecular formula is C10H16N2O. The largest absolute Gasteiger partial charge is 0.333 e. The molecule has 0 aromatic carbocycles. The zero-order valence-electron chi connectivity index (χ0n) is 8.05. The molecule has 1 fully saturated rings. The summed E-state index contributed by atoms with van der Waals surface area (Å²) in [5.74, 6) is 2.59. The van der Waals surface area contributed by atoms with Gasteiger partial charge in [-0.3, -0.25) is 4.79 Å². The molecule has 13 heavy (non-hydrogen) atoms. The molecule has 72 valence electrons. The van der Waals surface area contributed by atoms with Crippen LogP contribution in [-0.4, -0.2) is 37.0 Å². The number of rotatable bonds is 2. The van der Waals surface area contributed by atoms with E-state index >= 15 is 0 Å². The average molecular weight is 180 g/mol. The summed E-state index contributed by atoms with van der Waals surface area (Å²) >= 11 is 0. The third kappa shape index (κ3) is 2.74. The van der Waals surface area contributed by atoms with Gasteiger partial charge in [-0.2, -0.15) is 0 Å². The van der Waals surface area contributed by atoms with Gasteiger partial charge in [0, 0.05) is 7.05 Å². The molecule has 0 saturated carbocycles. The van der Waals surface area contributed by atoms with Crippen molar-refractivity contribution in [3.8, 4) is 12.3 Å².